The summed E-state index contributed by atoms with van der Waals surface area (Å²) in [6.45, 7) is 7.84. The first-order valence-corrected chi connectivity index (χ1v) is 6.98. The van der Waals surface area contributed by atoms with Crippen LogP contribution in [-0.2, 0) is 6.42 Å². The molecule has 0 bridgehead atoms. The Bertz CT molecular complexity index is 266. The number of nitrogens with one attached hydrogen (secondary N) is 1. The zero-order chi connectivity index (χ0) is 12.5. The summed E-state index contributed by atoms with van der Waals surface area (Å²) in [5.74, 6) is 1.93. The molecule has 1 atom stereocenters. The maximum absolute atomic E-state index is 5.38. The van der Waals surface area contributed by atoms with Gasteiger partial charge in [-0.2, -0.15) is 0 Å². The monoisotopic (exact) mass is 237 g/mol. The van der Waals surface area contributed by atoms with Crippen LogP contribution in [0.4, 0.5) is 0 Å². The van der Waals surface area contributed by atoms with Crippen molar-refractivity contribution < 1.29 is 4.42 Å². The Kier molecular flexibility index (Phi) is 7.02. The van der Waals surface area contributed by atoms with Crippen molar-refractivity contribution in [3.63, 3.8) is 0 Å². The van der Waals surface area contributed by atoms with Gasteiger partial charge in [-0.15, -0.1) is 0 Å². The van der Waals surface area contributed by atoms with Gasteiger partial charge in [0.25, 0.3) is 0 Å². The van der Waals surface area contributed by atoms with Gasteiger partial charge in [-0.05, 0) is 37.4 Å². The molecule has 0 aliphatic rings. The summed E-state index contributed by atoms with van der Waals surface area (Å²) < 4.78 is 5.38. The Labute approximate surface area is 106 Å². The van der Waals surface area contributed by atoms with Crippen LogP contribution in [0.25, 0.3) is 0 Å². The maximum atomic E-state index is 5.38. The molecule has 0 saturated carbocycles. The van der Waals surface area contributed by atoms with Gasteiger partial charge >= 0.3 is 0 Å². The van der Waals surface area contributed by atoms with Crippen molar-refractivity contribution in [3.8, 4) is 0 Å². The van der Waals surface area contributed by atoms with E-state index >= 15 is 0 Å². The molecule has 0 fully saturated rings. The largest absolute Gasteiger partial charge is 0.469 e. The van der Waals surface area contributed by atoms with Gasteiger partial charge in [0.05, 0.1) is 6.26 Å². The fourth-order valence-electron chi connectivity index (χ4n) is 2.18. The lowest BCUT2D eigenvalue weighted by molar-refractivity contribution is 0.407. The second kappa shape index (κ2) is 8.35. The fraction of sp³-hybridized carbons (Fsp3) is 0.733. The zero-order valence-electron chi connectivity index (χ0n) is 11.5. The Hall–Kier alpha value is -0.760. The topological polar surface area (TPSA) is 25.2 Å². The molecule has 0 saturated heterocycles. The van der Waals surface area contributed by atoms with Gasteiger partial charge in [0.2, 0.25) is 0 Å². The van der Waals surface area contributed by atoms with Crippen molar-refractivity contribution in [1.29, 1.82) is 0 Å². The lowest BCUT2D eigenvalue weighted by Gasteiger charge is -2.17. The molecule has 0 aliphatic carbocycles. The SMILES string of the molecule is CCNC(CCCC(C)C)CCc1ccco1. The number of aryl methyl sites for hydroxylation is 1. The molecule has 1 unspecified atom stereocenters. The van der Waals surface area contributed by atoms with Crippen LogP contribution in [0.5, 0.6) is 0 Å². The summed E-state index contributed by atoms with van der Waals surface area (Å²) in [7, 11) is 0. The molecule has 2 nitrogen and oxygen atoms in total. The Morgan fingerprint density at radius 1 is 1.24 bits per heavy atom. The van der Waals surface area contributed by atoms with Crippen LogP contribution in [0, 0.1) is 5.92 Å². The van der Waals surface area contributed by atoms with Crippen LogP contribution < -0.4 is 5.32 Å². The summed E-state index contributed by atoms with van der Waals surface area (Å²) in [5, 5.41) is 3.58. The first-order chi connectivity index (χ1) is 8.22. The van der Waals surface area contributed by atoms with E-state index in [1.165, 1.54) is 25.7 Å². The highest BCUT2D eigenvalue weighted by atomic mass is 16.3. The summed E-state index contributed by atoms with van der Waals surface area (Å²) in [5.41, 5.74) is 0. The van der Waals surface area contributed by atoms with E-state index in [4.69, 9.17) is 4.42 Å². The predicted molar refractivity (Wildman–Crippen MR) is 73.2 cm³/mol. The van der Waals surface area contributed by atoms with Crippen molar-refractivity contribution in [3.05, 3.63) is 24.2 Å². The lowest BCUT2D eigenvalue weighted by atomic mass is 10.00. The van der Waals surface area contributed by atoms with Crippen molar-refractivity contribution >= 4 is 0 Å². The molecule has 1 rings (SSSR count). The molecule has 1 aromatic heterocycles. The molecule has 98 valence electrons. The second-order valence-corrected chi connectivity index (χ2v) is 5.20. The molecular weight excluding hydrogens is 210 g/mol. The fourth-order valence-corrected chi connectivity index (χ4v) is 2.18. The van der Waals surface area contributed by atoms with Gasteiger partial charge < -0.3 is 9.73 Å². The van der Waals surface area contributed by atoms with Crippen LogP contribution in [-0.4, -0.2) is 12.6 Å². The van der Waals surface area contributed by atoms with Crippen LogP contribution in [0.3, 0.4) is 0 Å². The predicted octanol–water partition coefficient (Wildman–Crippen LogP) is 4.02. The Morgan fingerprint density at radius 3 is 2.65 bits per heavy atom. The van der Waals surface area contributed by atoms with Gasteiger partial charge in [0, 0.05) is 12.5 Å². The third-order valence-electron chi connectivity index (χ3n) is 3.15. The average Bonchev–Trinajstić information content (AvgIpc) is 2.78. The summed E-state index contributed by atoms with van der Waals surface area (Å²) in [4.78, 5) is 0. The second-order valence-electron chi connectivity index (χ2n) is 5.20. The molecule has 1 heterocycles. The molecular formula is C15H27NO. The van der Waals surface area contributed by atoms with Crippen LogP contribution >= 0.6 is 0 Å². The third kappa shape index (κ3) is 6.52. The standard InChI is InChI=1S/C15H27NO/c1-4-16-14(8-5-7-13(2)3)10-11-15-9-6-12-17-15/h6,9,12-14,16H,4-5,7-8,10-11H2,1-3H3. The molecule has 0 aromatic carbocycles. The highest BCUT2D eigenvalue weighted by Crippen LogP contribution is 2.13. The van der Waals surface area contributed by atoms with E-state index in [-0.39, 0.29) is 0 Å². The van der Waals surface area contributed by atoms with Gasteiger partial charge in [0.15, 0.2) is 0 Å². The van der Waals surface area contributed by atoms with E-state index in [1.54, 1.807) is 6.26 Å². The summed E-state index contributed by atoms with van der Waals surface area (Å²) in [6, 6.07) is 4.68. The van der Waals surface area contributed by atoms with Gasteiger partial charge in [-0.3, -0.25) is 0 Å². The number of furan rings is 1. The minimum atomic E-state index is 0.642. The van der Waals surface area contributed by atoms with Crippen LogP contribution in [0.2, 0.25) is 0 Å². The first kappa shape index (κ1) is 14.3. The zero-order valence-corrected chi connectivity index (χ0v) is 11.5. The summed E-state index contributed by atoms with van der Waals surface area (Å²) in [6.07, 6.45) is 7.94. The molecule has 1 aromatic rings. The Morgan fingerprint density at radius 2 is 2.06 bits per heavy atom. The van der Waals surface area contributed by atoms with Gasteiger partial charge in [0.1, 0.15) is 5.76 Å². The van der Waals surface area contributed by atoms with E-state index in [0.717, 1.165) is 24.6 Å². The number of hydrogen-bond acceptors (Lipinski definition) is 2. The van der Waals surface area contributed by atoms with Crippen LogP contribution in [0.1, 0.15) is 52.2 Å². The van der Waals surface area contributed by atoms with Crippen LogP contribution in [0.15, 0.2) is 22.8 Å². The lowest BCUT2D eigenvalue weighted by Crippen LogP contribution is -2.29. The molecule has 0 spiro atoms. The minimum Gasteiger partial charge on any atom is -0.469 e. The third-order valence-corrected chi connectivity index (χ3v) is 3.15. The van der Waals surface area contributed by atoms with Gasteiger partial charge in [-0.25, -0.2) is 0 Å². The van der Waals surface area contributed by atoms with E-state index in [0.29, 0.717) is 6.04 Å². The molecule has 0 radical (unpaired) electrons. The molecule has 0 amide bonds. The number of hydrogen-bond donors (Lipinski definition) is 1. The Balaban J connectivity index is 2.22. The van der Waals surface area contributed by atoms with Crippen molar-refractivity contribution in [1.82, 2.24) is 5.32 Å². The number of rotatable bonds is 9. The summed E-state index contributed by atoms with van der Waals surface area (Å²) >= 11 is 0. The van der Waals surface area contributed by atoms with E-state index in [2.05, 4.69) is 32.2 Å². The van der Waals surface area contributed by atoms with Crippen molar-refractivity contribution in [2.24, 2.45) is 5.92 Å². The van der Waals surface area contributed by atoms with Crippen molar-refractivity contribution in [2.75, 3.05) is 6.54 Å². The van der Waals surface area contributed by atoms with Crippen molar-refractivity contribution in [2.45, 2.75) is 58.9 Å². The first-order valence-electron chi connectivity index (χ1n) is 6.98. The van der Waals surface area contributed by atoms with Gasteiger partial charge in [-0.1, -0.05) is 33.6 Å². The van der Waals surface area contributed by atoms with E-state index in [9.17, 15) is 0 Å². The average molecular weight is 237 g/mol. The van der Waals surface area contributed by atoms with E-state index < -0.39 is 0 Å². The smallest absolute Gasteiger partial charge is 0.103 e. The minimum absolute atomic E-state index is 0.642. The highest BCUT2D eigenvalue weighted by Gasteiger charge is 2.08. The highest BCUT2D eigenvalue weighted by molar-refractivity contribution is 4.98. The molecule has 2 heteroatoms. The van der Waals surface area contributed by atoms with E-state index in [1.807, 2.05) is 6.07 Å². The maximum Gasteiger partial charge on any atom is 0.103 e. The normalized spacial score (nSPS) is 13.2. The molecule has 0 aliphatic heterocycles. The quantitative estimate of drug-likeness (QED) is 0.702. The molecule has 1 N–H and O–H groups in total. The molecule has 17 heavy (non-hydrogen) atoms.